The molecule has 150 valence electrons. The maximum Gasteiger partial charge on any atom is 0.325 e. The molecule has 1 atom stereocenters. The average Bonchev–Trinajstić information content (AvgIpc) is 3.23. The number of ether oxygens (including phenoxy) is 2. The zero-order chi connectivity index (χ0) is 20.6. The molecule has 2 heterocycles. The summed E-state index contributed by atoms with van der Waals surface area (Å²) in [5, 5.41) is 13.5. The molecule has 1 N–H and O–H groups in total. The third-order valence-electron chi connectivity index (χ3n) is 5.11. The summed E-state index contributed by atoms with van der Waals surface area (Å²) in [6.07, 6.45) is 0.736. The fourth-order valence-electron chi connectivity index (χ4n) is 3.55. The first-order chi connectivity index (χ1) is 13.9. The van der Waals surface area contributed by atoms with Crippen molar-refractivity contribution in [1.29, 1.82) is 0 Å². The Labute approximate surface area is 166 Å². The van der Waals surface area contributed by atoms with Crippen molar-refractivity contribution in [3.63, 3.8) is 0 Å². The number of nitrogens with one attached hydrogen (secondary N) is 1. The number of carbonyl (C=O) groups is 2. The number of imide groups is 1. The smallest absolute Gasteiger partial charge is 0.325 e. The minimum absolute atomic E-state index is 0.0000399. The fourth-order valence-corrected chi connectivity index (χ4v) is 3.55. The van der Waals surface area contributed by atoms with Gasteiger partial charge in [0, 0.05) is 25.1 Å². The van der Waals surface area contributed by atoms with Gasteiger partial charge in [0.1, 0.15) is 5.54 Å². The van der Waals surface area contributed by atoms with Crippen molar-refractivity contribution in [2.45, 2.75) is 25.3 Å². The summed E-state index contributed by atoms with van der Waals surface area (Å²) in [5.74, 6) is 0.977. The van der Waals surface area contributed by atoms with Crippen LogP contribution >= 0.6 is 0 Å². The van der Waals surface area contributed by atoms with Crippen molar-refractivity contribution in [2.75, 3.05) is 13.3 Å². The molecule has 0 aromatic heterocycles. The molecule has 2 aliphatic heterocycles. The van der Waals surface area contributed by atoms with E-state index < -0.39 is 16.5 Å². The largest absolute Gasteiger partial charge is 0.454 e. The number of carbonyl (C=O) groups excluding carboxylic acids is 2. The third kappa shape index (κ3) is 3.58. The molecule has 1 saturated heterocycles. The number of amides is 3. The molecule has 2 aromatic rings. The molecule has 0 bridgehead atoms. The summed E-state index contributed by atoms with van der Waals surface area (Å²) in [5.41, 5.74) is 0.600. The number of urea groups is 1. The van der Waals surface area contributed by atoms with Gasteiger partial charge in [-0.15, -0.1) is 0 Å². The van der Waals surface area contributed by atoms with Crippen molar-refractivity contribution in [1.82, 2.24) is 10.2 Å². The summed E-state index contributed by atoms with van der Waals surface area (Å²) in [4.78, 5) is 36.8. The Balaban J connectivity index is 1.43. The molecule has 2 aromatic carbocycles. The minimum Gasteiger partial charge on any atom is -0.454 e. The molecule has 0 saturated carbocycles. The molecule has 9 nitrogen and oxygen atoms in total. The Bertz CT molecular complexity index is 990. The van der Waals surface area contributed by atoms with Crippen LogP contribution in [0.3, 0.4) is 0 Å². The lowest BCUT2D eigenvalue weighted by Gasteiger charge is -2.22. The number of non-ortho nitro benzene ring substituents is 1. The van der Waals surface area contributed by atoms with Gasteiger partial charge in [0.25, 0.3) is 11.6 Å². The average molecular weight is 397 g/mol. The first-order valence-electron chi connectivity index (χ1n) is 9.12. The second-order valence-electron chi connectivity index (χ2n) is 7.26. The van der Waals surface area contributed by atoms with Gasteiger partial charge in [-0.25, -0.2) is 4.79 Å². The molecule has 9 heteroatoms. The van der Waals surface area contributed by atoms with E-state index in [0.717, 1.165) is 11.1 Å². The summed E-state index contributed by atoms with van der Waals surface area (Å²) in [6, 6.07) is 11.1. The van der Waals surface area contributed by atoms with Crippen LogP contribution in [0.1, 0.15) is 18.1 Å². The van der Waals surface area contributed by atoms with Gasteiger partial charge >= 0.3 is 6.03 Å². The van der Waals surface area contributed by atoms with Gasteiger partial charge in [0.15, 0.2) is 11.5 Å². The maximum atomic E-state index is 12.9. The molecular weight excluding hydrogens is 378 g/mol. The van der Waals surface area contributed by atoms with E-state index in [1.807, 2.05) is 12.1 Å². The lowest BCUT2D eigenvalue weighted by molar-refractivity contribution is -0.384. The number of nitro groups is 1. The summed E-state index contributed by atoms with van der Waals surface area (Å²) < 4.78 is 10.7. The summed E-state index contributed by atoms with van der Waals surface area (Å²) in [6.45, 7) is 2.06. The van der Waals surface area contributed by atoms with Gasteiger partial charge in [0.2, 0.25) is 6.79 Å². The Kier molecular flexibility index (Phi) is 4.57. The van der Waals surface area contributed by atoms with Crippen LogP contribution in [0.2, 0.25) is 0 Å². The summed E-state index contributed by atoms with van der Waals surface area (Å²) in [7, 11) is 0. The zero-order valence-electron chi connectivity index (χ0n) is 15.7. The van der Waals surface area contributed by atoms with Crippen molar-refractivity contribution in [3.05, 3.63) is 63.7 Å². The van der Waals surface area contributed by atoms with Crippen LogP contribution < -0.4 is 14.8 Å². The van der Waals surface area contributed by atoms with Crippen LogP contribution in [0.5, 0.6) is 11.5 Å². The third-order valence-corrected chi connectivity index (χ3v) is 5.11. The molecule has 29 heavy (non-hydrogen) atoms. The Morgan fingerprint density at radius 1 is 1.10 bits per heavy atom. The Hall–Kier alpha value is -3.62. The van der Waals surface area contributed by atoms with Gasteiger partial charge < -0.3 is 14.8 Å². The monoisotopic (exact) mass is 397 g/mol. The number of hydrogen-bond acceptors (Lipinski definition) is 6. The molecule has 2 aliphatic rings. The second kappa shape index (κ2) is 7.08. The van der Waals surface area contributed by atoms with E-state index in [9.17, 15) is 19.7 Å². The molecule has 1 fully saturated rings. The number of hydrogen-bond donors (Lipinski definition) is 1. The molecule has 3 amide bonds. The van der Waals surface area contributed by atoms with E-state index in [1.54, 1.807) is 25.1 Å². The predicted molar refractivity (Wildman–Crippen MR) is 102 cm³/mol. The Morgan fingerprint density at radius 2 is 1.79 bits per heavy atom. The zero-order valence-corrected chi connectivity index (χ0v) is 15.7. The van der Waals surface area contributed by atoms with Gasteiger partial charge in [-0.2, -0.15) is 0 Å². The van der Waals surface area contributed by atoms with E-state index in [1.165, 1.54) is 17.0 Å². The second-order valence-corrected chi connectivity index (χ2v) is 7.26. The van der Waals surface area contributed by atoms with Crippen molar-refractivity contribution in [3.8, 4) is 11.5 Å². The minimum atomic E-state index is -1.06. The van der Waals surface area contributed by atoms with Crippen LogP contribution in [0, 0.1) is 10.1 Å². The van der Waals surface area contributed by atoms with Crippen LogP contribution in [0.15, 0.2) is 42.5 Å². The highest BCUT2D eigenvalue weighted by Crippen LogP contribution is 2.34. The van der Waals surface area contributed by atoms with Crippen molar-refractivity contribution < 1.29 is 24.0 Å². The van der Waals surface area contributed by atoms with Crippen molar-refractivity contribution >= 4 is 17.6 Å². The molecule has 0 spiro atoms. The van der Waals surface area contributed by atoms with E-state index >= 15 is 0 Å². The number of benzene rings is 2. The van der Waals surface area contributed by atoms with Crippen LogP contribution in [-0.2, 0) is 17.6 Å². The normalized spacial score (nSPS) is 20.1. The molecule has 4 rings (SSSR count). The number of nitro benzene ring substituents is 1. The van der Waals surface area contributed by atoms with Gasteiger partial charge in [-0.1, -0.05) is 18.2 Å². The van der Waals surface area contributed by atoms with Gasteiger partial charge in [-0.05, 0) is 36.6 Å². The van der Waals surface area contributed by atoms with E-state index in [2.05, 4.69) is 5.32 Å². The van der Waals surface area contributed by atoms with Crippen LogP contribution in [0.25, 0.3) is 0 Å². The van der Waals surface area contributed by atoms with Crippen molar-refractivity contribution in [2.24, 2.45) is 0 Å². The van der Waals surface area contributed by atoms with E-state index in [0.29, 0.717) is 24.3 Å². The first-order valence-corrected chi connectivity index (χ1v) is 9.12. The Morgan fingerprint density at radius 3 is 2.52 bits per heavy atom. The predicted octanol–water partition coefficient (Wildman–Crippen LogP) is 2.42. The SMILES string of the molecule is CC1(Cc2ccc3c(c2)OCO3)NC(=O)N(CCc2ccc([N+](=O)[O-])cc2)C1=O. The molecule has 0 radical (unpaired) electrons. The van der Waals surface area contributed by atoms with E-state index in [4.69, 9.17) is 9.47 Å². The van der Waals surface area contributed by atoms with Crippen LogP contribution in [-0.4, -0.2) is 40.6 Å². The number of rotatable bonds is 6. The molecule has 0 aliphatic carbocycles. The number of fused-ring (bicyclic) bond motifs is 1. The lowest BCUT2D eigenvalue weighted by atomic mass is 9.92. The van der Waals surface area contributed by atoms with Gasteiger partial charge in [0.05, 0.1) is 4.92 Å². The standard InChI is InChI=1S/C20H19N3O6/c1-20(11-14-4-7-16-17(10-14)29-12-28-16)18(24)22(19(25)21-20)9-8-13-2-5-15(6-3-13)23(26)27/h2-7,10H,8-9,11-12H2,1H3,(H,21,25). The van der Waals surface area contributed by atoms with E-state index in [-0.39, 0.29) is 24.9 Å². The highest BCUT2D eigenvalue weighted by atomic mass is 16.7. The molecular formula is C20H19N3O6. The molecule has 1 unspecified atom stereocenters. The maximum absolute atomic E-state index is 12.9. The highest BCUT2D eigenvalue weighted by Gasteiger charge is 2.47. The highest BCUT2D eigenvalue weighted by molar-refractivity contribution is 6.07. The quantitative estimate of drug-likeness (QED) is 0.455. The topological polar surface area (TPSA) is 111 Å². The first kappa shape index (κ1) is 18.7. The number of nitrogens with zero attached hydrogens (tertiary/aromatic N) is 2. The summed E-state index contributed by atoms with van der Waals surface area (Å²) >= 11 is 0. The lowest BCUT2D eigenvalue weighted by Crippen LogP contribution is -2.46. The van der Waals surface area contributed by atoms with Crippen LogP contribution in [0.4, 0.5) is 10.5 Å². The van der Waals surface area contributed by atoms with Gasteiger partial charge in [-0.3, -0.25) is 19.8 Å². The fraction of sp³-hybridized carbons (Fsp3) is 0.300.